The second-order valence-electron chi connectivity index (χ2n) is 7.70. The zero-order valence-corrected chi connectivity index (χ0v) is 16.7. The van der Waals surface area contributed by atoms with Gasteiger partial charge in [-0.3, -0.25) is 4.79 Å². The second-order valence-corrected chi connectivity index (χ2v) is 7.70. The first-order chi connectivity index (χ1) is 13.7. The monoisotopic (exact) mass is 387 g/mol. The maximum absolute atomic E-state index is 12.7. The first-order valence-electron chi connectivity index (χ1n) is 10.5. The lowest BCUT2D eigenvalue weighted by Crippen LogP contribution is -2.43. The Morgan fingerprint density at radius 2 is 1.71 bits per heavy atom. The van der Waals surface area contributed by atoms with Crippen molar-refractivity contribution in [2.24, 2.45) is 5.92 Å². The van der Waals surface area contributed by atoms with E-state index in [4.69, 9.17) is 4.63 Å². The van der Waals surface area contributed by atoms with Crippen molar-refractivity contribution in [3.8, 4) is 0 Å². The number of nitrogens with one attached hydrogen (secondary N) is 1. The van der Waals surface area contributed by atoms with Gasteiger partial charge in [0, 0.05) is 38.1 Å². The number of nitrogens with zero attached hydrogens (tertiary/aromatic N) is 6. The Labute approximate surface area is 164 Å². The fourth-order valence-electron chi connectivity index (χ4n) is 4.34. The van der Waals surface area contributed by atoms with E-state index in [-0.39, 0.29) is 11.8 Å². The van der Waals surface area contributed by atoms with E-state index in [0.717, 1.165) is 63.5 Å². The van der Waals surface area contributed by atoms with Gasteiger partial charge in [0.2, 0.25) is 17.2 Å². The van der Waals surface area contributed by atoms with Crippen LogP contribution in [0.1, 0.15) is 52.4 Å². The lowest BCUT2D eigenvalue weighted by molar-refractivity contribution is -0.135. The molecule has 9 heteroatoms. The van der Waals surface area contributed by atoms with Gasteiger partial charge in [-0.05, 0) is 49.8 Å². The molecule has 1 aliphatic heterocycles. The predicted octanol–water partition coefficient (Wildman–Crippen LogP) is 2.45. The minimum absolute atomic E-state index is 0.0906. The molecule has 0 spiro atoms. The highest BCUT2D eigenvalue weighted by Gasteiger charge is 2.30. The van der Waals surface area contributed by atoms with Crippen LogP contribution in [0.15, 0.2) is 4.63 Å². The van der Waals surface area contributed by atoms with E-state index in [2.05, 4.69) is 30.5 Å². The summed E-state index contributed by atoms with van der Waals surface area (Å²) in [6, 6.07) is 0.423. The molecule has 2 aromatic rings. The van der Waals surface area contributed by atoms with E-state index in [1.54, 1.807) is 0 Å². The first kappa shape index (κ1) is 18.9. The number of amides is 1. The van der Waals surface area contributed by atoms with Crippen LogP contribution in [0.4, 0.5) is 11.6 Å². The largest absolute Gasteiger partial charge is 0.364 e. The highest BCUT2D eigenvalue weighted by atomic mass is 16.6. The Hall–Kier alpha value is -2.45. The molecule has 9 nitrogen and oxygen atoms in total. The number of fused-ring (bicyclic) bond motifs is 1. The van der Waals surface area contributed by atoms with E-state index in [0.29, 0.717) is 17.3 Å². The molecule has 4 rings (SSSR count). The topological polar surface area (TPSA) is 100 Å². The van der Waals surface area contributed by atoms with Crippen molar-refractivity contribution < 1.29 is 9.42 Å². The third kappa shape index (κ3) is 3.74. The third-order valence-electron chi connectivity index (χ3n) is 6.01. The number of aromatic nitrogens is 4. The zero-order chi connectivity index (χ0) is 19.5. The number of hydrogen-bond acceptors (Lipinski definition) is 8. The van der Waals surface area contributed by atoms with Crippen molar-refractivity contribution in [2.45, 2.75) is 58.4 Å². The molecule has 1 saturated carbocycles. The van der Waals surface area contributed by atoms with E-state index < -0.39 is 0 Å². The van der Waals surface area contributed by atoms with Gasteiger partial charge in [-0.25, -0.2) is 14.6 Å². The third-order valence-corrected chi connectivity index (χ3v) is 6.01. The molecular formula is C19H29N7O2. The molecule has 1 saturated heterocycles. The van der Waals surface area contributed by atoms with Crippen molar-refractivity contribution in [3.63, 3.8) is 0 Å². The van der Waals surface area contributed by atoms with Crippen molar-refractivity contribution >= 4 is 28.8 Å². The Morgan fingerprint density at radius 1 is 1.07 bits per heavy atom. The standard InChI is InChI=1S/C19H29N7O2/c1-3-25(4-2)19(27)13-9-11-26(12-10-13)18-17(20-14-7-5-6-8-14)21-15-16(22-18)24-28-23-15/h13-14H,3-12H2,1-2H3,(H,20,21,23). The van der Waals surface area contributed by atoms with E-state index in [1.807, 2.05) is 18.7 Å². The summed E-state index contributed by atoms with van der Waals surface area (Å²) in [5.41, 5.74) is 0.851. The second kappa shape index (κ2) is 8.28. The Balaban J connectivity index is 1.51. The summed E-state index contributed by atoms with van der Waals surface area (Å²) in [5.74, 6) is 1.91. The van der Waals surface area contributed by atoms with Gasteiger partial charge in [-0.1, -0.05) is 12.8 Å². The molecule has 1 amide bonds. The van der Waals surface area contributed by atoms with Gasteiger partial charge in [0.15, 0.2) is 11.6 Å². The van der Waals surface area contributed by atoms with Gasteiger partial charge in [0.25, 0.3) is 0 Å². The molecule has 2 fully saturated rings. The summed E-state index contributed by atoms with van der Waals surface area (Å²) in [5, 5.41) is 11.3. The fourth-order valence-corrected chi connectivity index (χ4v) is 4.34. The molecule has 0 atom stereocenters. The number of carbonyl (C=O) groups excluding carboxylic acids is 1. The fraction of sp³-hybridized carbons (Fsp3) is 0.737. The number of carbonyl (C=O) groups is 1. The maximum Gasteiger partial charge on any atom is 0.245 e. The van der Waals surface area contributed by atoms with Crippen LogP contribution in [-0.4, -0.2) is 63.3 Å². The minimum Gasteiger partial charge on any atom is -0.364 e. The molecule has 0 radical (unpaired) electrons. The molecule has 28 heavy (non-hydrogen) atoms. The van der Waals surface area contributed by atoms with Crippen molar-refractivity contribution in [3.05, 3.63) is 0 Å². The minimum atomic E-state index is 0.0906. The Morgan fingerprint density at radius 3 is 2.36 bits per heavy atom. The van der Waals surface area contributed by atoms with E-state index in [9.17, 15) is 4.79 Å². The number of hydrogen-bond donors (Lipinski definition) is 1. The molecule has 1 N–H and O–H groups in total. The molecule has 0 bridgehead atoms. The highest BCUT2D eigenvalue weighted by Crippen LogP contribution is 2.31. The normalized spacial score (nSPS) is 18.7. The van der Waals surface area contributed by atoms with Crippen molar-refractivity contribution in [1.82, 2.24) is 25.2 Å². The highest BCUT2D eigenvalue weighted by molar-refractivity contribution is 5.79. The van der Waals surface area contributed by atoms with Crippen LogP contribution >= 0.6 is 0 Å². The lowest BCUT2D eigenvalue weighted by Gasteiger charge is -2.35. The number of anilines is 2. The first-order valence-corrected chi connectivity index (χ1v) is 10.5. The van der Waals surface area contributed by atoms with Gasteiger partial charge in [-0.15, -0.1) is 0 Å². The number of rotatable bonds is 6. The van der Waals surface area contributed by atoms with Crippen LogP contribution in [0, 0.1) is 5.92 Å². The zero-order valence-electron chi connectivity index (χ0n) is 16.7. The molecule has 0 unspecified atom stereocenters. The van der Waals surface area contributed by atoms with Crippen LogP contribution in [0.2, 0.25) is 0 Å². The molecule has 0 aromatic carbocycles. The van der Waals surface area contributed by atoms with E-state index >= 15 is 0 Å². The Bertz CT molecular complexity index is 806. The number of piperidine rings is 1. The van der Waals surface area contributed by atoms with Crippen LogP contribution in [0.25, 0.3) is 11.3 Å². The summed E-state index contributed by atoms with van der Waals surface area (Å²) in [6.45, 7) is 7.17. The van der Waals surface area contributed by atoms with Gasteiger partial charge in [0.05, 0.1) is 0 Å². The summed E-state index contributed by atoms with van der Waals surface area (Å²) < 4.78 is 4.81. The molecule has 2 aliphatic rings. The Kier molecular flexibility index (Phi) is 5.59. The maximum atomic E-state index is 12.7. The summed E-state index contributed by atoms with van der Waals surface area (Å²) in [6.07, 6.45) is 6.44. The molecule has 2 aromatic heterocycles. The summed E-state index contributed by atoms with van der Waals surface area (Å²) in [4.78, 5) is 26.1. The van der Waals surface area contributed by atoms with Crippen LogP contribution in [-0.2, 0) is 4.79 Å². The molecule has 3 heterocycles. The van der Waals surface area contributed by atoms with Gasteiger partial charge >= 0.3 is 0 Å². The lowest BCUT2D eigenvalue weighted by atomic mass is 9.95. The van der Waals surface area contributed by atoms with Crippen LogP contribution < -0.4 is 10.2 Å². The predicted molar refractivity (Wildman–Crippen MR) is 106 cm³/mol. The molecular weight excluding hydrogens is 358 g/mol. The van der Waals surface area contributed by atoms with Gasteiger partial charge in [-0.2, -0.15) is 0 Å². The average Bonchev–Trinajstić information content (AvgIpc) is 3.40. The van der Waals surface area contributed by atoms with Gasteiger partial charge in [0.1, 0.15) is 0 Å². The van der Waals surface area contributed by atoms with Crippen molar-refractivity contribution in [2.75, 3.05) is 36.4 Å². The molecule has 152 valence electrons. The van der Waals surface area contributed by atoms with Crippen molar-refractivity contribution in [1.29, 1.82) is 0 Å². The van der Waals surface area contributed by atoms with Crippen LogP contribution in [0.3, 0.4) is 0 Å². The van der Waals surface area contributed by atoms with E-state index in [1.165, 1.54) is 12.8 Å². The van der Waals surface area contributed by atoms with Gasteiger partial charge < -0.3 is 15.1 Å². The quantitative estimate of drug-likeness (QED) is 0.807. The average molecular weight is 387 g/mol. The summed E-state index contributed by atoms with van der Waals surface area (Å²) >= 11 is 0. The van der Waals surface area contributed by atoms with Crippen LogP contribution in [0.5, 0.6) is 0 Å². The smallest absolute Gasteiger partial charge is 0.245 e. The summed E-state index contributed by atoms with van der Waals surface area (Å²) in [7, 11) is 0. The SMILES string of the molecule is CCN(CC)C(=O)C1CCN(c2nc3nonc3nc2NC2CCCC2)CC1. The molecule has 1 aliphatic carbocycles.